The highest BCUT2D eigenvalue weighted by atomic mass is 16.2. The molecule has 0 unspecified atom stereocenters. The van der Waals surface area contributed by atoms with E-state index in [1.807, 2.05) is 29.2 Å². The van der Waals surface area contributed by atoms with E-state index in [1.165, 1.54) is 17.5 Å². The molecule has 1 heterocycles. The Kier molecular flexibility index (Phi) is 7.06. The fourth-order valence-electron chi connectivity index (χ4n) is 3.34. The summed E-state index contributed by atoms with van der Waals surface area (Å²) in [6.45, 7) is 5.23. The smallest absolute Gasteiger partial charge is 0.253 e. The average molecular weight is 379 g/mol. The van der Waals surface area contributed by atoms with Gasteiger partial charge in [0.15, 0.2) is 5.96 Å². The van der Waals surface area contributed by atoms with Crippen LogP contribution in [0.3, 0.4) is 0 Å². The molecule has 0 aromatic heterocycles. The fraction of sp³-hybridized carbons (Fsp3) is 0.391. The molecule has 1 aliphatic heterocycles. The molecule has 0 radical (unpaired) electrons. The number of likely N-dealkylation sites (tertiary alicyclic amines) is 1. The SMILES string of the molecule is CN=C(NCc1ccc(C)cc1)NCc1ccc(C(=O)N2CCCCC2)cc1. The number of piperidine rings is 1. The lowest BCUT2D eigenvalue weighted by molar-refractivity contribution is 0.0724. The Morgan fingerprint density at radius 3 is 1.96 bits per heavy atom. The number of benzene rings is 2. The molecule has 1 amide bonds. The summed E-state index contributed by atoms with van der Waals surface area (Å²) in [5.74, 6) is 0.906. The predicted octanol–water partition coefficient (Wildman–Crippen LogP) is 3.49. The van der Waals surface area contributed by atoms with Crippen LogP contribution >= 0.6 is 0 Å². The van der Waals surface area contributed by atoms with Gasteiger partial charge in [0.2, 0.25) is 0 Å². The summed E-state index contributed by atoms with van der Waals surface area (Å²) in [7, 11) is 1.77. The maximum atomic E-state index is 12.5. The minimum atomic E-state index is 0.148. The maximum absolute atomic E-state index is 12.5. The molecular weight excluding hydrogens is 348 g/mol. The lowest BCUT2D eigenvalue weighted by Crippen LogP contribution is -2.36. The number of hydrogen-bond donors (Lipinski definition) is 2. The molecule has 0 atom stereocenters. The van der Waals surface area contributed by atoms with Crippen LogP contribution in [0.15, 0.2) is 53.5 Å². The van der Waals surface area contributed by atoms with Gasteiger partial charge in [-0.2, -0.15) is 0 Å². The highest BCUT2D eigenvalue weighted by Crippen LogP contribution is 2.14. The number of aliphatic imine (C=N–C) groups is 1. The summed E-state index contributed by atoms with van der Waals surface area (Å²) in [6, 6.07) is 16.3. The summed E-state index contributed by atoms with van der Waals surface area (Å²) >= 11 is 0. The van der Waals surface area contributed by atoms with Crippen molar-refractivity contribution in [2.75, 3.05) is 20.1 Å². The molecule has 1 aliphatic rings. The first-order chi connectivity index (χ1) is 13.7. The first-order valence-electron chi connectivity index (χ1n) is 10.0. The molecule has 2 aromatic carbocycles. The molecule has 0 saturated carbocycles. The van der Waals surface area contributed by atoms with E-state index < -0.39 is 0 Å². The minimum absolute atomic E-state index is 0.148. The lowest BCUT2D eigenvalue weighted by Gasteiger charge is -2.26. The van der Waals surface area contributed by atoms with Gasteiger partial charge in [-0.1, -0.05) is 42.0 Å². The van der Waals surface area contributed by atoms with Crippen molar-refractivity contribution in [3.8, 4) is 0 Å². The molecule has 3 rings (SSSR count). The highest BCUT2D eigenvalue weighted by molar-refractivity contribution is 5.94. The Balaban J connectivity index is 1.49. The average Bonchev–Trinajstić information content (AvgIpc) is 2.75. The third-order valence-electron chi connectivity index (χ3n) is 5.11. The fourth-order valence-corrected chi connectivity index (χ4v) is 3.34. The molecule has 5 heteroatoms. The highest BCUT2D eigenvalue weighted by Gasteiger charge is 2.17. The first kappa shape index (κ1) is 19.9. The number of nitrogens with zero attached hydrogens (tertiary/aromatic N) is 2. The van der Waals surface area contributed by atoms with Crippen LogP contribution in [0.25, 0.3) is 0 Å². The minimum Gasteiger partial charge on any atom is -0.352 e. The van der Waals surface area contributed by atoms with Crippen molar-refractivity contribution < 1.29 is 4.79 Å². The normalized spacial score (nSPS) is 14.6. The van der Waals surface area contributed by atoms with E-state index in [0.29, 0.717) is 6.54 Å². The zero-order valence-electron chi connectivity index (χ0n) is 16.9. The number of carbonyl (C=O) groups is 1. The van der Waals surface area contributed by atoms with Crippen LogP contribution in [0.5, 0.6) is 0 Å². The molecular formula is C23H30N4O. The van der Waals surface area contributed by atoms with Crippen LogP contribution in [0.2, 0.25) is 0 Å². The summed E-state index contributed by atoms with van der Waals surface area (Å²) in [5.41, 5.74) is 4.36. The third-order valence-corrected chi connectivity index (χ3v) is 5.11. The van der Waals surface area contributed by atoms with Gasteiger partial charge in [-0.25, -0.2) is 0 Å². The van der Waals surface area contributed by atoms with Gasteiger partial charge in [-0.15, -0.1) is 0 Å². The number of aryl methyl sites for hydroxylation is 1. The second kappa shape index (κ2) is 9.93. The molecule has 5 nitrogen and oxygen atoms in total. The van der Waals surface area contributed by atoms with Crippen molar-refractivity contribution in [1.82, 2.24) is 15.5 Å². The van der Waals surface area contributed by atoms with Crippen molar-refractivity contribution in [2.24, 2.45) is 4.99 Å². The second-order valence-electron chi connectivity index (χ2n) is 7.31. The standard InChI is InChI=1S/C23H30N4O/c1-18-6-8-19(9-7-18)16-25-23(24-2)26-17-20-10-12-21(13-11-20)22(28)27-14-4-3-5-15-27/h6-13H,3-5,14-17H2,1-2H3,(H2,24,25,26). The maximum Gasteiger partial charge on any atom is 0.253 e. The van der Waals surface area contributed by atoms with Gasteiger partial charge in [0.05, 0.1) is 0 Å². The van der Waals surface area contributed by atoms with Crippen LogP contribution in [-0.2, 0) is 13.1 Å². The predicted molar refractivity (Wildman–Crippen MR) is 114 cm³/mol. The lowest BCUT2D eigenvalue weighted by atomic mass is 10.1. The molecule has 2 N–H and O–H groups in total. The van der Waals surface area contributed by atoms with Gasteiger partial charge >= 0.3 is 0 Å². The summed E-state index contributed by atoms with van der Waals surface area (Å²) in [6.07, 6.45) is 3.46. The molecule has 1 saturated heterocycles. The molecule has 148 valence electrons. The summed E-state index contributed by atoms with van der Waals surface area (Å²) in [4.78, 5) is 18.8. The number of carbonyl (C=O) groups excluding carboxylic acids is 1. The quantitative estimate of drug-likeness (QED) is 0.619. The van der Waals surface area contributed by atoms with Crippen LogP contribution in [0.4, 0.5) is 0 Å². The van der Waals surface area contributed by atoms with Gasteiger partial charge in [-0.05, 0) is 49.4 Å². The molecule has 0 aliphatic carbocycles. The Hall–Kier alpha value is -2.82. The Morgan fingerprint density at radius 1 is 0.893 bits per heavy atom. The monoisotopic (exact) mass is 378 g/mol. The molecule has 0 spiro atoms. The largest absolute Gasteiger partial charge is 0.352 e. The Labute approximate surface area is 167 Å². The van der Waals surface area contributed by atoms with E-state index in [9.17, 15) is 4.79 Å². The van der Waals surface area contributed by atoms with Crippen LogP contribution in [-0.4, -0.2) is 36.9 Å². The summed E-state index contributed by atoms with van der Waals surface area (Å²) in [5, 5.41) is 6.65. The van der Waals surface area contributed by atoms with Crippen LogP contribution < -0.4 is 10.6 Å². The first-order valence-corrected chi connectivity index (χ1v) is 10.0. The van der Waals surface area contributed by atoms with Gasteiger partial charge in [0.1, 0.15) is 0 Å². The molecule has 1 fully saturated rings. The topological polar surface area (TPSA) is 56.7 Å². The van der Waals surface area contributed by atoms with Gasteiger partial charge < -0.3 is 15.5 Å². The van der Waals surface area contributed by atoms with E-state index in [-0.39, 0.29) is 5.91 Å². The van der Waals surface area contributed by atoms with Gasteiger partial charge in [-0.3, -0.25) is 9.79 Å². The number of rotatable bonds is 5. The van der Waals surface area contributed by atoms with Crippen molar-refractivity contribution in [1.29, 1.82) is 0 Å². The van der Waals surface area contributed by atoms with E-state index in [1.54, 1.807) is 7.05 Å². The molecule has 0 bridgehead atoms. The second-order valence-corrected chi connectivity index (χ2v) is 7.31. The van der Waals surface area contributed by atoms with E-state index in [2.05, 4.69) is 46.8 Å². The zero-order chi connectivity index (χ0) is 19.8. The molecule has 28 heavy (non-hydrogen) atoms. The Morgan fingerprint density at radius 2 is 1.43 bits per heavy atom. The number of hydrogen-bond acceptors (Lipinski definition) is 2. The van der Waals surface area contributed by atoms with Crippen molar-refractivity contribution in [2.45, 2.75) is 39.3 Å². The van der Waals surface area contributed by atoms with Crippen LogP contribution in [0.1, 0.15) is 46.3 Å². The number of amides is 1. The third kappa shape index (κ3) is 5.59. The zero-order valence-corrected chi connectivity index (χ0v) is 16.9. The van der Waals surface area contributed by atoms with E-state index in [4.69, 9.17) is 0 Å². The molecule has 2 aromatic rings. The van der Waals surface area contributed by atoms with E-state index >= 15 is 0 Å². The van der Waals surface area contributed by atoms with E-state index in [0.717, 1.165) is 49.6 Å². The van der Waals surface area contributed by atoms with Crippen molar-refractivity contribution in [3.05, 3.63) is 70.8 Å². The number of nitrogens with one attached hydrogen (secondary N) is 2. The Bertz CT molecular complexity index is 790. The van der Waals surface area contributed by atoms with Gasteiger partial charge in [0, 0.05) is 38.8 Å². The van der Waals surface area contributed by atoms with Crippen molar-refractivity contribution >= 4 is 11.9 Å². The van der Waals surface area contributed by atoms with Gasteiger partial charge in [0.25, 0.3) is 5.91 Å². The van der Waals surface area contributed by atoms with Crippen molar-refractivity contribution in [3.63, 3.8) is 0 Å². The van der Waals surface area contributed by atoms with Crippen LogP contribution in [0, 0.1) is 6.92 Å². The summed E-state index contributed by atoms with van der Waals surface area (Å²) < 4.78 is 0. The number of guanidine groups is 1.